The fraction of sp³-hybridized carbons (Fsp3) is 0.524. The normalized spacial score (nSPS) is 19.9. The molecular formula is C21H22F6N6O2. The number of piperazine rings is 1. The fourth-order valence-electron chi connectivity index (χ4n) is 4.33. The van der Waals surface area contributed by atoms with Crippen LogP contribution in [0.3, 0.4) is 0 Å². The van der Waals surface area contributed by atoms with Crippen molar-refractivity contribution in [3.05, 3.63) is 51.7 Å². The predicted octanol–water partition coefficient (Wildman–Crippen LogP) is 2.69. The number of hydrogen-bond acceptors (Lipinski definition) is 6. The minimum absolute atomic E-state index is 0.0493. The highest BCUT2D eigenvalue weighted by Crippen LogP contribution is 2.34. The monoisotopic (exact) mass is 504 g/mol. The summed E-state index contributed by atoms with van der Waals surface area (Å²) in [4.78, 5) is 39.4. The smallest absolute Gasteiger partial charge is 0.338 e. The van der Waals surface area contributed by atoms with Crippen LogP contribution in [0, 0.1) is 0 Å². The molecule has 1 unspecified atom stereocenters. The largest absolute Gasteiger partial charge is 0.421 e. The van der Waals surface area contributed by atoms with E-state index >= 15 is 0 Å². The van der Waals surface area contributed by atoms with Crippen LogP contribution in [-0.2, 0) is 17.1 Å². The van der Waals surface area contributed by atoms with Gasteiger partial charge in [0.1, 0.15) is 5.56 Å². The molecule has 0 saturated carbocycles. The Kier molecular flexibility index (Phi) is 6.75. The van der Waals surface area contributed by atoms with Crippen molar-refractivity contribution in [2.75, 3.05) is 44.2 Å². The average Bonchev–Trinajstić information content (AvgIpc) is 3.29. The molecule has 1 amide bonds. The third kappa shape index (κ3) is 5.57. The summed E-state index contributed by atoms with van der Waals surface area (Å²) in [5.74, 6) is -0.0754. The number of pyridine rings is 1. The van der Waals surface area contributed by atoms with Gasteiger partial charge >= 0.3 is 12.4 Å². The Hall–Kier alpha value is -3.16. The van der Waals surface area contributed by atoms with E-state index in [2.05, 4.69) is 15.0 Å². The van der Waals surface area contributed by atoms with Gasteiger partial charge in [-0.1, -0.05) is 0 Å². The quantitative estimate of drug-likeness (QED) is 0.645. The molecule has 14 heteroatoms. The summed E-state index contributed by atoms with van der Waals surface area (Å²) in [6.07, 6.45) is -5.54. The van der Waals surface area contributed by atoms with E-state index in [9.17, 15) is 35.9 Å². The molecule has 0 aliphatic carbocycles. The number of likely N-dealkylation sites (tertiary alicyclic amines) is 1. The highest BCUT2D eigenvalue weighted by molar-refractivity contribution is 5.79. The maximum absolute atomic E-state index is 13.1. The number of alkyl halides is 6. The average molecular weight is 504 g/mol. The van der Waals surface area contributed by atoms with Gasteiger partial charge in [0.05, 0.1) is 18.2 Å². The van der Waals surface area contributed by atoms with Crippen molar-refractivity contribution < 1.29 is 31.1 Å². The molecule has 8 nitrogen and oxygen atoms in total. The van der Waals surface area contributed by atoms with E-state index in [-0.39, 0.29) is 24.0 Å². The molecule has 2 saturated heterocycles. The SMILES string of the molecule is O=C(CN1CCN(c2ncc(C(F)(F)F)cn2)CC1)N1CCCC1c1c[nH]c(=O)c(C(F)(F)F)c1. The van der Waals surface area contributed by atoms with Gasteiger partial charge in [0.25, 0.3) is 5.56 Å². The lowest BCUT2D eigenvalue weighted by Gasteiger charge is -2.35. The number of H-pyrrole nitrogens is 1. The lowest BCUT2D eigenvalue weighted by molar-refractivity contribution is -0.139. The van der Waals surface area contributed by atoms with Gasteiger partial charge in [0.2, 0.25) is 11.9 Å². The molecular weight excluding hydrogens is 482 g/mol. The molecule has 0 radical (unpaired) electrons. The van der Waals surface area contributed by atoms with Crippen LogP contribution in [0.4, 0.5) is 32.3 Å². The molecule has 35 heavy (non-hydrogen) atoms. The Labute approximate surface area is 195 Å². The van der Waals surface area contributed by atoms with Gasteiger partial charge in [-0.25, -0.2) is 9.97 Å². The summed E-state index contributed by atoms with van der Waals surface area (Å²) in [5.41, 5.74) is -3.23. The van der Waals surface area contributed by atoms with Crippen molar-refractivity contribution in [2.24, 2.45) is 0 Å². The predicted molar refractivity (Wildman–Crippen MR) is 111 cm³/mol. The lowest BCUT2D eigenvalue weighted by atomic mass is 10.0. The number of halogens is 6. The first kappa shape index (κ1) is 24.9. The summed E-state index contributed by atoms with van der Waals surface area (Å²) >= 11 is 0. The molecule has 2 aliphatic heterocycles. The number of carbonyl (C=O) groups excluding carboxylic acids is 1. The Morgan fingerprint density at radius 3 is 2.26 bits per heavy atom. The number of rotatable bonds is 4. The minimum Gasteiger partial charge on any atom is -0.338 e. The van der Waals surface area contributed by atoms with Gasteiger partial charge < -0.3 is 14.8 Å². The standard InChI is InChI=1S/C21H22F6N6O2/c22-20(23,24)14-10-29-19(30-11-14)32-6-4-31(5-7-32)12-17(34)33-3-1-2-16(33)13-8-15(21(25,26)27)18(35)28-9-13/h8-11,16H,1-7,12H2,(H,28,35). The van der Waals surface area contributed by atoms with E-state index in [1.54, 1.807) is 4.90 Å². The number of aromatic amines is 1. The van der Waals surface area contributed by atoms with Gasteiger partial charge in [-0.05, 0) is 24.5 Å². The zero-order valence-electron chi connectivity index (χ0n) is 18.4. The molecule has 0 spiro atoms. The molecule has 4 rings (SSSR count). The van der Waals surface area contributed by atoms with Crippen LogP contribution in [-0.4, -0.2) is 69.9 Å². The van der Waals surface area contributed by atoms with Crippen LogP contribution in [0.2, 0.25) is 0 Å². The topological polar surface area (TPSA) is 85.4 Å². The van der Waals surface area contributed by atoms with Crippen molar-refractivity contribution in [3.8, 4) is 0 Å². The summed E-state index contributed by atoms with van der Waals surface area (Å²) in [5, 5.41) is 0. The van der Waals surface area contributed by atoms with Crippen molar-refractivity contribution >= 4 is 11.9 Å². The molecule has 0 bridgehead atoms. The van der Waals surface area contributed by atoms with Gasteiger partial charge in [-0.15, -0.1) is 0 Å². The number of nitrogens with one attached hydrogen (secondary N) is 1. The zero-order chi connectivity index (χ0) is 25.4. The van der Waals surface area contributed by atoms with Crippen LogP contribution in [0.25, 0.3) is 0 Å². The van der Waals surface area contributed by atoms with E-state index in [0.717, 1.165) is 18.5 Å². The van der Waals surface area contributed by atoms with Gasteiger partial charge in [0, 0.05) is 51.3 Å². The summed E-state index contributed by atoms with van der Waals surface area (Å²) in [7, 11) is 0. The first-order chi connectivity index (χ1) is 16.4. The van der Waals surface area contributed by atoms with E-state index in [1.807, 2.05) is 4.90 Å². The molecule has 2 fully saturated rings. The summed E-state index contributed by atoms with van der Waals surface area (Å²) in [6, 6.07) is 0.236. The maximum atomic E-state index is 13.1. The molecule has 1 N–H and O–H groups in total. The van der Waals surface area contributed by atoms with Crippen LogP contribution in [0.1, 0.15) is 35.6 Å². The van der Waals surface area contributed by atoms with Gasteiger partial charge in [0.15, 0.2) is 0 Å². The van der Waals surface area contributed by atoms with Crippen molar-refractivity contribution in [2.45, 2.75) is 31.2 Å². The third-order valence-corrected chi connectivity index (χ3v) is 6.17. The third-order valence-electron chi connectivity index (χ3n) is 6.17. The molecule has 190 valence electrons. The number of aromatic nitrogens is 3. The second-order valence-electron chi connectivity index (χ2n) is 8.45. The number of amides is 1. The highest BCUT2D eigenvalue weighted by atomic mass is 19.4. The molecule has 0 aromatic carbocycles. The molecule has 4 heterocycles. The van der Waals surface area contributed by atoms with E-state index in [4.69, 9.17) is 0 Å². The fourth-order valence-corrected chi connectivity index (χ4v) is 4.33. The second-order valence-corrected chi connectivity index (χ2v) is 8.45. The molecule has 1 atom stereocenters. The highest BCUT2D eigenvalue weighted by Gasteiger charge is 2.37. The maximum Gasteiger partial charge on any atom is 0.421 e. The van der Waals surface area contributed by atoms with Gasteiger partial charge in [-0.3, -0.25) is 14.5 Å². The van der Waals surface area contributed by atoms with Crippen LogP contribution >= 0.6 is 0 Å². The van der Waals surface area contributed by atoms with Gasteiger partial charge in [-0.2, -0.15) is 26.3 Å². The number of anilines is 1. The Balaban J connectivity index is 1.36. The Bertz CT molecular complexity index is 1110. The summed E-state index contributed by atoms with van der Waals surface area (Å²) in [6.45, 7) is 2.11. The van der Waals surface area contributed by atoms with Crippen LogP contribution in [0.15, 0.2) is 29.5 Å². The minimum atomic E-state index is -4.80. The van der Waals surface area contributed by atoms with E-state index in [1.165, 1.54) is 11.1 Å². The molecule has 2 aliphatic rings. The van der Waals surface area contributed by atoms with E-state index < -0.39 is 35.1 Å². The number of carbonyl (C=O) groups is 1. The van der Waals surface area contributed by atoms with Crippen molar-refractivity contribution in [3.63, 3.8) is 0 Å². The Morgan fingerprint density at radius 1 is 1.00 bits per heavy atom. The second kappa shape index (κ2) is 9.47. The number of hydrogen-bond donors (Lipinski definition) is 1. The number of nitrogens with zero attached hydrogens (tertiary/aromatic N) is 5. The Morgan fingerprint density at radius 2 is 1.66 bits per heavy atom. The van der Waals surface area contributed by atoms with Crippen molar-refractivity contribution in [1.29, 1.82) is 0 Å². The van der Waals surface area contributed by atoms with Crippen molar-refractivity contribution in [1.82, 2.24) is 24.8 Å². The van der Waals surface area contributed by atoms with Crippen LogP contribution in [0.5, 0.6) is 0 Å². The molecule has 2 aromatic rings. The first-order valence-electron chi connectivity index (χ1n) is 10.9. The lowest BCUT2D eigenvalue weighted by Crippen LogP contribution is -2.50. The molecule has 2 aromatic heterocycles. The first-order valence-corrected chi connectivity index (χ1v) is 10.9. The zero-order valence-corrected chi connectivity index (χ0v) is 18.4. The van der Waals surface area contributed by atoms with E-state index in [0.29, 0.717) is 45.6 Å². The van der Waals surface area contributed by atoms with Crippen LogP contribution < -0.4 is 10.5 Å². The summed E-state index contributed by atoms with van der Waals surface area (Å²) < 4.78 is 77.5.